The van der Waals surface area contributed by atoms with Crippen molar-refractivity contribution in [2.24, 2.45) is 0 Å². The van der Waals surface area contributed by atoms with Crippen LogP contribution in [0.25, 0.3) is 0 Å². The summed E-state index contributed by atoms with van der Waals surface area (Å²) in [5, 5.41) is 9.41. The lowest BCUT2D eigenvalue weighted by molar-refractivity contribution is 0.162. The average Bonchev–Trinajstić information content (AvgIpc) is 2.34. The van der Waals surface area contributed by atoms with Crippen LogP contribution >= 0.6 is 0 Å². The molecule has 1 rings (SSSR count). The van der Waals surface area contributed by atoms with Gasteiger partial charge < -0.3 is 9.84 Å². The van der Waals surface area contributed by atoms with Crippen LogP contribution in [0.15, 0.2) is 24.3 Å². The molecule has 0 aliphatic rings. The Balaban J connectivity index is 0.000000437. The first-order chi connectivity index (χ1) is 8.26. The van der Waals surface area contributed by atoms with Crippen LogP contribution in [0.4, 0.5) is 0 Å². The molecular formula is C15H26O2. The first-order valence-electron chi connectivity index (χ1n) is 6.60. The third kappa shape index (κ3) is 8.75. The van der Waals surface area contributed by atoms with Gasteiger partial charge in [-0.3, -0.25) is 0 Å². The number of hydrogen-bond acceptors (Lipinski definition) is 2. The van der Waals surface area contributed by atoms with Crippen LogP contribution in [0.1, 0.15) is 45.6 Å². The van der Waals surface area contributed by atoms with E-state index in [0.717, 1.165) is 25.2 Å². The van der Waals surface area contributed by atoms with Crippen LogP contribution in [0.3, 0.4) is 0 Å². The summed E-state index contributed by atoms with van der Waals surface area (Å²) in [6.07, 6.45) is 4.65. The third-order valence-electron chi connectivity index (χ3n) is 2.45. The number of unbranched alkanes of at least 4 members (excludes halogenated alkanes) is 2. The number of rotatable bonds is 6. The second-order valence-corrected chi connectivity index (χ2v) is 3.87. The molecule has 0 saturated carbocycles. The fourth-order valence-corrected chi connectivity index (χ4v) is 1.49. The largest absolute Gasteiger partial charge is 0.508 e. The molecule has 0 bridgehead atoms. The topological polar surface area (TPSA) is 29.5 Å². The molecule has 1 aromatic rings. The van der Waals surface area contributed by atoms with E-state index in [1.165, 1.54) is 19.3 Å². The second kappa shape index (κ2) is 11.5. The SMILES string of the molecule is CCCCCc1ccccc1O.CCOCC. The zero-order valence-corrected chi connectivity index (χ0v) is 11.4. The van der Waals surface area contributed by atoms with Crippen molar-refractivity contribution in [2.75, 3.05) is 13.2 Å². The molecule has 1 N–H and O–H groups in total. The van der Waals surface area contributed by atoms with Gasteiger partial charge in [-0.1, -0.05) is 38.0 Å². The van der Waals surface area contributed by atoms with Crippen LogP contribution in [-0.2, 0) is 11.2 Å². The lowest BCUT2D eigenvalue weighted by Crippen LogP contribution is -1.85. The zero-order chi connectivity index (χ0) is 12.9. The van der Waals surface area contributed by atoms with Crippen molar-refractivity contribution in [3.05, 3.63) is 29.8 Å². The number of phenolic OH excluding ortho intramolecular Hbond substituents is 1. The number of para-hydroxylation sites is 1. The predicted molar refractivity (Wildman–Crippen MR) is 73.5 cm³/mol. The molecule has 2 nitrogen and oxygen atoms in total. The highest BCUT2D eigenvalue weighted by molar-refractivity contribution is 5.31. The Labute approximate surface area is 106 Å². The number of aryl methyl sites for hydroxylation is 1. The summed E-state index contributed by atoms with van der Waals surface area (Å²) in [5.41, 5.74) is 1.07. The quantitative estimate of drug-likeness (QED) is 0.754. The van der Waals surface area contributed by atoms with Crippen LogP contribution in [-0.4, -0.2) is 18.3 Å². The number of benzene rings is 1. The Hall–Kier alpha value is -1.02. The second-order valence-electron chi connectivity index (χ2n) is 3.87. The van der Waals surface area contributed by atoms with E-state index < -0.39 is 0 Å². The van der Waals surface area contributed by atoms with Crippen LogP contribution < -0.4 is 0 Å². The van der Waals surface area contributed by atoms with E-state index in [0.29, 0.717) is 5.75 Å². The molecule has 0 aliphatic carbocycles. The molecule has 2 heteroatoms. The average molecular weight is 238 g/mol. The highest BCUT2D eigenvalue weighted by Gasteiger charge is 1.97. The van der Waals surface area contributed by atoms with Crippen molar-refractivity contribution in [1.29, 1.82) is 0 Å². The highest BCUT2D eigenvalue weighted by atomic mass is 16.5. The fourth-order valence-electron chi connectivity index (χ4n) is 1.49. The van der Waals surface area contributed by atoms with Gasteiger partial charge in [0.1, 0.15) is 5.75 Å². The van der Waals surface area contributed by atoms with Crippen molar-refractivity contribution in [1.82, 2.24) is 0 Å². The zero-order valence-electron chi connectivity index (χ0n) is 11.4. The van der Waals surface area contributed by atoms with E-state index in [-0.39, 0.29) is 0 Å². The summed E-state index contributed by atoms with van der Waals surface area (Å²) in [6.45, 7) is 7.85. The maximum Gasteiger partial charge on any atom is 0.118 e. The number of aromatic hydroxyl groups is 1. The van der Waals surface area contributed by atoms with Gasteiger partial charge in [-0.15, -0.1) is 0 Å². The Morgan fingerprint density at radius 3 is 2.12 bits per heavy atom. The molecule has 0 amide bonds. The van der Waals surface area contributed by atoms with E-state index in [1.54, 1.807) is 6.07 Å². The van der Waals surface area contributed by atoms with Crippen LogP contribution in [0.2, 0.25) is 0 Å². The highest BCUT2D eigenvalue weighted by Crippen LogP contribution is 2.17. The lowest BCUT2D eigenvalue weighted by Gasteiger charge is -2.02. The van der Waals surface area contributed by atoms with Gasteiger partial charge in [-0.25, -0.2) is 0 Å². The van der Waals surface area contributed by atoms with E-state index >= 15 is 0 Å². The van der Waals surface area contributed by atoms with Gasteiger partial charge in [0, 0.05) is 13.2 Å². The normalized spacial score (nSPS) is 9.59. The first-order valence-corrected chi connectivity index (χ1v) is 6.60. The van der Waals surface area contributed by atoms with E-state index in [1.807, 2.05) is 32.0 Å². The smallest absolute Gasteiger partial charge is 0.118 e. The molecule has 98 valence electrons. The Kier molecular flexibility index (Phi) is 10.8. The van der Waals surface area contributed by atoms with E-state index in [9.17, 15) is 5.11 Å². The standard InChI is InChI=1S/C11H16O.C4H10O/c1-2-3-4-7-10-8-5-6-9-11(10)12;1-3-5-4-2/h5-6,8-9,12H,2-4,7H2,1H3;3-4H2,1-2H3. The van der Waals surface area contributed by atoms with Gasteiger partial charge >= 0.3 is 0 Å². The lowest BCUT2D eigenvalue weighted by atomic mass is 10.1. The molecule has 0 aromatic heterocycles. The minimum absolute atomic E-state index is 0.439. The maximum absolute atomic E-state index is 9.41. The molecule has 0 aliphatic heterocycles. The van der Waals surface area contributed by atoms with Crippen molar-refractivity contribution in [3.63, 3.8) is 0 Å². The minimum Gasteiger partial charge on any atom is -0.508 e. The summed E-state index contributed by atoms with van der Waals surface area (Å²) in [5.74, 6) is 0.439. The molecule has 0 spiro atoms. The summed E-state index contributed by atoms with van der Waals surface area (Å²) in [7, 11) is 0. The summed E-state index contributed by atoms with van der Waals surface area (Å²) < 4.78 is 4.83. The number of phenols is 1. The molecule has 1 aromatic carbocycles. The molecule has 17 heavy (non-hydrogen) atoms. The van der Waals surface area contributed by atoms with Gasteiger partial charge in [0.05, 0.1) is 0 Å². The van der Waals surface area contributed by atoms with Crippen molar-refractivity contribution < 1.29 is 9.84 Å². The van der Waals surface area contributed by atoms with Gasteiger partial charge in [-0.05, 0) is 38.3 Å². The molecule has 0 unspecified atom stereocenters. The summed E-state index contributed by atoms with van der Waals surface area (Å²) in [6, 6.07) is 7.58. The molecular weight excluding hydrogens is 212 g/mol. The van der Waals surface area contributed by atoms with Gasteiger partial charge in [0.2, 0.25) is 0 Å². The van der Waals surface area contributed by atoms with Crippen molar-refractivity contribution in [2.45, 2.75) is 46.5 Å². The predicted octanol–water partition coefficient (Wildman–Crippen LogP) is 4.17. The van der Waals surface area contributed by atoms with Gasteiger partial charge in [-0.2, -0.15) is 0 Å². The monoisotopic (exact) mass is 238 g/mol. The number of ether oxygens (including phenoxy) is 1. The van der Waals surface area contributed by atoms with Crippen LogP contribution in [0.5, 0.6) is 5.75 Å². The maximum atomic E-state index is 9.41. The molecule has 0 atom stereocenters. The van der Waals surface area contributed by atoms with Gasteiger partial charge in [0.25, 0.3) is 0 Å². The third-order valence-corrected chi connectivity index (χ3v) is 2.45. The minimum atomic E-state index is 0.439. The van der Waals surface area contributed by atoms with Crippen molar-refractivity contribution in [3.8, 4) is 5.75 Å². The number of hydrogen-bond donors (Lipinski definition) is 1. The first kappa shape index (κ1) is 16.0. The summed E-state index contributed by atoms with van der Waals surface area (Å²) in [4.78, 5) is 0. The van der Waals surface area contributed by atoms with Crippen molar-refractivity contribution >= 4 is 0 Å². The molecule has 0 fully saturated rings. The van der Waals surface area contributed by atoms with E-state index in [2.05, 4.69) is 6.92 Å². The Morgan fingerprint density at radius 2 is 1.65 bits per heavy atom. The fraction of sp³-hybridized carbons (Fsp3) is 0.600. The van der Waals surface area contributed by atoms with Gasteiger partial charge in [0.15, 0.2) is 0 Å². The summed E-state index contributed by atoms with van der Waals surface area (Å²) >= 11 is 0. The molecule has 0 saturated heterocycles. The Morgan fingerprint density at radius 1 is 1.00 bits per heavy atom. The van der Waals surface area contributed by atoms with E-state index in [4.69, 9.17) is 4.74 Å². The molecule has 0 heterocycles. The van der Waals surface area contributed by atoms with Crippen LogP contribution in [0, 0.1) is 0 Å². The molecule has 0 radical (unpaired) electrons. The Bertz CT molecular complexity index is 269.